The van der Waals surface area contributed by atoms with Crippen molar-refractivity contribution in [1.82, 2.24) is 0 Å². The van der Waals surface area contributed by atoms with Gasteiger partial charge in [0.2, 0.25) is 0 Å². The molecule has 4 aliphatic heterocycles. The van der Waals surface area contributed by atoms with Gasteiger partial charge in [0.15, 0.2) is 29.9 Å². The lowest BCUT2D eigenvalue weighted by atomic mass is 9.99. The standard InChI is InChI=1S/C32H40O10/c1-31(2)39-27-24(38-30-29(28(27)40-31)41-32(3,4)42-30)19-35-25-15-22(33)26(36-17-21-13-9-6-10-14-21)23(37-25)18-34-16-20-11-7-5-8-12-20/h5-14,23-30H,15-19H2,1-4H3/t23-,24-,25+,26-,27+,28+,29-,30?/m1/s1. The van der Waals surface area contributed by atoms with Gasteiger partial charge in [0.1, 0.15) is 36.6 Å². The Bertz CT molecular complexity index is 1190. The Morgan fingerprint density at radius 3 is 2.02 bits per heavy atom. The molecule has 4 saturated heterocycles. The molecule has 8 atom stereocenters. The molecule has 0 spiro atoms. The second kappa shape index (κ2) is 12.4. The van der Waals surface area contributed by atoms with Crippen molar-refractivity contribution < 1.29 is 47.4 Å². The Kier molecular flexibility index (Phi) is 8.80. The van der Waals surface area contributed by atoms with Gasteiger partial charge < -0.3 is 42.6 Å². The van der Waals surface area contributed by atoms with Crippen molar-refractivity contribution >= 4 is 5.78 Å². The van der Waals surface area contributed by atoms with Crippen molar-refractivity contribution in [1.29, 1.82) is 0 Å². The molecule has 0 aromatic heterocycles. The van der Waals surface area contributed by atoms with E-state index in [0.29, 0.717) is 6.61 Å². The first kappa shape index (κ1) is 29.8. The van der Waals surface area contributed by atoms with E-state index >= 15 is 0 Å². The number of fused-ring (bicyclic) bond motifs is 3. The van der Waals surface area contributed by atoms with E-state index in [0.717, 1.165) is 11.1 Å². The number of Topliss-reactive ketones (excluding diaryl/α,β-unsaturated/α-hetero) is 1. The summed E-state index contributed by atoms with van der Waals surface area (Å²) in [7, 11) is 0. The molecular weight excluding hydrogens is 544 g/mol. The topological polar surface area (TPSA) is 100 Å². The van der Waals surface area contributed by atoms with Crippen LogP contribution in [0.15, 0.2) is 60.7 Å². The summed E-state index contributed by atoms with van der Waals surface area (Å²) in [6.07, 6.45) is -4.60. The number of hydrogen-bond acceptors (Lipinski definition) is 10. The highest BCUT2D eigenvalue weighted by atomic mass is 16.9. The Balaban J connectivity index is 1.10. The molecule has 4 heterocycles. The third-order valence-corrected chi connectivity index (χ3v) is 7.71. The minimum atomic E-state index is -0.816. The van der Waals surface area contributed by atoms with Gasteiger partial charge in [-0.05, 0) is 38.8 Å². The number of carbonyl (C=O) groups excluding carboxylic acids is 1. The van der Waals surface area contributed by atoms with Crippen LogP contribution in [-0.4, -0.2) is 79.8 Å². The average molecular weight is 585 g/mol. The molecule has 0 radical (unpaired) electrons. The molecule has 2 aromatic rings. The lowest BCUT2D eigenvalue weighted by Gasteiger charge is -2.39. The molecule has 2 aromatic carbocycles. The molecular formula is C32H40O10. The van der Waals surface area contributed by atoms with Gasteiger partial charge in [-0.1, -0.05) is 60.7 Å². The summed E-state index contributed by atoms with van der Waals surface area (Å²) in [6.45, 7) is 8.35. The number of benzene rings is 2. The molecule has 0 amide bonds. The summed E-state index contributed by atoms with van der Waals surface area (Å²) in [6, 6.07) is 19.6. The number of hydrogen-bond donors (Lipinski definition) is 0. The molecule has 1 unspecified atom stereocenters. The minimum Gasteiger partial charge on any atom is -0.374 e. The van der Waals surface area contributed by atoms with Crippen molar-refractivity contribution in [2.24, 2.45) is 0 Å². The zero-order valence-corrected chi connectivity index (χ0v) is 24.5. The molecule has 10 nitrogen and oxygen atoms in total. The molecule has 0 N–H and O–H groups in total. The largest absolute Gasteiger partial charge is 0.374 e. The van der Waals surface area contributed by atoms with Crippen molar-refractivity contribution in [2.75, 3.05) is 13.2 Å². The Labute approximate surface area is 246 Å². The SMILES string of the molecule is CC1(C)O[C@@H]2[C@H](O1)[C@H]1OC(C)(C)OC1O[C@@H]2CO[C@@H]1CC(=O)[C@@H](OCc2ccccc2)[C@@H](COCc2ccccc2)O1. The highest BCUT2D eigenvalue weighted by Gasteiger charge is 2.60. The Hall–Kier alpha value is -2.25. The van der Waals surface area contributed by atoms with E-state index in [9.17, 15) is 4.79 Å². The molecule has 0 saturated carbocycles. The fourth-order valence-corrected chi connectivity index (χ4v) is 5.88. The highest BCUT2D eigenvalue weighted by Crippen LogP contribution is 2.44. The summed E-state index contributed by atoms with van der Waals surface area (Å²) in [5, 5.41) is 0. The van der Waals surface area contributed by atoms with Gasteiger partial charge in [-0.2, -0.15) is 0 Å². The summed E-state index contributed by atoms with van der Waals surface area (Å²) < 4.78 is 55.2. The highest BCUT2D eigenvalue weighted by molar-refractivity contribution is 5.84. The van der Waals surface area contributed by atoms with Gasteiger partial charge in [0, 0.05) is 0 Å². The molecule has 4 fully saturated rings. The van der Waals surface area contributed by atoms with Crippen LogP contribution in [0, 0.1) is 0 Å². The monoisotopic (exact) mass is 584 g/mol. The Morgan fingerprint density at radius 1 is 0.690 bits per heavy atom. The molecule has 42 heavy (non-hydrogen) atoms. The van der Waals surface area contributed by atoms with Crippen LogP contribution in [0.5, 0.6) is 0 Å². The van der Waals surface area contributed by atoms with Gasteiger partial charge in [-0.25, -0.2) is 0 Å². The number of ether oxygens (including phenoxy) is 9. The first-order chi connectivity index (χ1) is 20.2. The molecule has 6 rings (SSSR count). The van der Waals surface area contributed by atoms with Crippen LogP contribution in [0.25, 0.3) is 0 Å². The second-order valence-electron chi connectivity index (χ2n) is 12.0. The summed E-state index contributed by atoms with van der Waals surface area (Å²) in [5.74, 6) is -1.73. The van der Waals surface area contributed by atoms with Gasteiger partial charge in [0.05, 0.1) is 32.8 Å². The van der Waals surface area contributed by atoms with Crippen LogP contribution in [-0.2, 0) is 60.6 Å². The predicted molar refractivity (Wildman–Crippen MR) is 148 cm³/mol. The third kappa shape index (κ3) is 6.93. The van der Waals surface area contributed by atoms with Crippen LogP contribution in [0.3, 0.4) is 0 Å². The van der Waals surface area contributed by atoms with Crippen molar-refractivity contribution in [3.63, 3.8) is 0 Å². The second-order valence-corrected chi connectivity index (χ2v) is 12.0. The molecule has 4 aliphatic rings. The zero-order chi connectivity index (χ0) is 29.3. The zero-order valence-electron chi connectivity index (χ0n) is 24.5. The normalized spacial score (nSPS) is 35.1. The number of ketones is 1. The first-order valence-electron chi connectivity index (χ1n) is 14.6. The van der Waals surface area contributed by atoms with E-state index in [1.807, 2.05) is 88.4 Å². The van der Waals surface area contributed by atoms with Crippen LogP contribution in [0.1, 0.15) is 45.2 Å². The van der Waals surface area contributed by atoms with Crippen molar-refractivity contribution in [3.8, 4) is 0 Å². The third-order valence-electron chi connectivity index (χ3n) is 7.71. The number of carbonyl (C=O) groups is 1. The predicted octanol–water partition coefficient (Wildman–Crippen LogP) is 3.89. The fraction of sp³-hybridized carbons (Fsp3) is 0.594. The average Bonchev–Trinajstić information content (AvgIpc) is 3.46. The number of rotatable bonds is 10. The van der Waals surface area contributed by atoms with Crippen LogP contribution < -0.4 is 0 Å². The maximum atomic E-state index is 13.4. The van der Waals surface area contributed by atoms with E-state index in [1.165, 1.54) is 0 Å². The summed E-state index contributed by atoms with van der Waals surface area (Å²) in [5.41, 5.74) is 2.00. The summed E-state index contributed by atoms with van der Waals surface area (Å²) >= 11 is 0. The van der Waals surface area contributed by atoms with E-state index in [-0.39, 0.29) is 32.0 Å². The Morgan fingerprint density at radius 2 is 1.31 bits per heavy atom. The summed E-state index contributed by atoms with van der Waals surface area (Å²) in [4.78, 5) is 13.4. The van der Waals surface area contributed by atoms with Gasteiger partial charge >= 0.3 is 0 Å². The van der Waals surface area contributed by atoms with E-state index in [2.05, 4.69) is 0 Å². The van der Waals surface area contributed by atoms with Crippen LogP contribution in [0.4, 0.5) is 0 Å². The van der Waals surface area contributed by atoms with E-state index in [1.54, 1.807) is 0 Å². The quantitative estimate of drug-likeness (QED) is 0.409. The molecule has 0 bridgehead atoms. The molecule has 0 aliphatic carbocycles. The lowest BCUT2D eigenvalue weighted by Crippen LogP contribution is -2.57. The first-order valence-corrected chi connectivity index (χ1v) is 14.6. The van der Waals surface area contributed by atoms with E-state index < -0.39 is 60.8 Å². The smallest absolute Gasteiger partial charge is 0.190 e. The van der Waals surface area contributed by atoms with E-state index in [4.69, 9.17) is 42.6 Å². The van der Waals surface area contributed by atoms with Crippen LogP contribution in [0.2, 0.25) is 0 Å². The minimum absolute atomic E-state index is 0.0387. The fourth-order valence-electron chi connectivity index (χ4n) is 5.88. The maximum absolute atomic E-state index is 13.4. The lowest BCUT2D eigenvalue weighted by molar-refractivity contribution is -0.271. The van der Waals surface area contributed by atoms with Crippen molar-refractivity contribution in [3.05, 3.63) is 71.8 Å². The van der Waals surface area contributed by atoms with Crippen LogP contribution >= 0.6 is 0 Å². The molecule has 228 valence electrons. The van der Waals surface area contributed by atoms with Gasteiger partial charge in [-0.15, -0.1) is 0 Å². The van der Waals surface area contributed by atoms with Gasteiger partial charge in [0.25, 0.3) is 0 Å². The maximum Gasteiger partial charge on any atom is 0.190 e. The van der Waals surface area contributed by atoms with Gasteiger partial charge in [-0.3, -0.25) is 4.79 Å². The van der Waals surface area contributed by atoms with Crippen molar-refractivity contribution in [2.45, 2.75) is 108 Å². The molecule has 10 heteroatoms.